The van der Waals surface area contributed by atoms with Gasteiger partial charge in [0.2, 0.25) is 5.91 Å². The van der Waals surface area contributed by atoms with Crippen molar-refractivity contribution >= 4 is 18.0 Å². The number of carboxylic acid groups (broad SMARTS) is 1. The van der Waals surface area contributed by atoms with Crippen LogP contribution in [0.2, 0.25) is 0 Å². The first-order valence-corrected chi connectivity index (χ1v) is 12.5. The lowest BCUT2D eigenvalue weighted by Gasteiger charge is -2.35. The summed E-state index contributed by atoms with van der Waals surface area (Å²) >= 11 is 0. The average molecular weight is 479 g/mol. The highest BCUT2D eigenvalue weighted by Gasteiger charge is 2.33. The third-order valence-electron chi connectivity index (χ3n) is 7.09. The van der Waals surface area contributed by atoms with E-state index in [2.05, 4.69) is 29.6 Å². The molecule has 2 aliphatic rings. The normalized spacial score (nSPS) is 20.0. The number of fused-ring (bicyclic) bond motifs is 3. The Balaban J connectivity index is 1.36. The van der Waals surface area contributed by atoms with Gasteiger partial charge in [-0.1, -0.05) is 68.8 Å². The van der Waals surface area contributed by atoms with E-state index in [-0.39, 0.29) is 43.4 Å². The van der Waals surface area contributed by atoms with Gasteiger partial charge in [0, 0.05) is 31.5 Å². The second-order valence-electron chi connectivity index (χ2n) is 9.83. The first-order chi connectivity index (χ1) is 16.9. The van der Waals surface area contributed by atoms with Crippen LogP contribution in [0.3, 0.4) is 0 Å². The van der Waals surface area contributed by atoms with Crippen LogP contribution in [0.1, 0.15) is 56.6 Å². The number of hydrogen-bond donors (Lipinski definition) is 2. The molecule has 0 bridgehead atoms. The molecule has 7 nitrogen and oxygen atoms in total. The van der Waals surface area contributed by atoms with Crippen LogP contribution in [0.5, 0.6) is 0 Å². The molecule has 1 aliphatic heterocycles. The van der Waals surface area contributed by atoms with E-state index < -0.39 is 18.0 Å². The maximum Gasteiger partial charge on any atom is 0.407 e. The molecule has 1 fully saturated rings. The molecular formula is C28H34N2O5. The quantitative estimate of drug-likeness (QED) is 0.576. The molecule has 1 aliphatic carbocycles. The Morgan fingerprint density at radius 1 is 1.06 bits per heavy atom. The lowest BCUT2D eigenvalue weighted by atomic mass is 9.90. The largest absolute Gasteiger partial charge is 0.481 e. The van der Waals surface area contributed by atoms with Gasteiger partial charge in [0.15, 0.2) is 0 Å². The maximum atomic E-state index is 13.0. The van der Waals surface area contributed by atoms with Crippen LogP contribution in [-0.2, 0) is 14.3 Å². The Hall–Kier alpha value is -3.35. The molecule has 35 heavy (non-hydrogen) atoms. The Morgan fingerprint density at radius 3 is 2.29 bits per heavy atom. The van der Waals surface area contributed by atoms with Crippen LogP contribution >= 0.6 is 0 Å². The Labute approximate surface area is 206 Å². The summed E-state index contributed by atoms with van der Waals surface area (Å²) in [4.78, 5) is 38.8. The van der Waals surface area contributed by atoms with E-state index in [0.29, 0.717) is 19.4 Å². The summed E-state index contributed by atoms with van der Waals surface area (Å²) in [6, 6.07) is 16.0. The highest BCUT2D eigenvalue weighted by molar-refractivity contribution is 5.80. The van der Waals surface area contributed by atoms with Crippen LogP contribution in [-0.4, -0.2) is 53.7 Å². The number of nitrogens with zero attached hydrogens (tertiary/aromatic N) is 1. The number of amides is 2. The topological polar surface area (TPSA) is 95.9 Å². The summed E-state index contributed by atoms with van der Waals surface area (Å²) in [6.07, 6.45) is 1.62. The number of rotatable bonds is 8. The van der Waals surface area contributed by atoms with E-state index in [1.54, 1.807) is 4.90 Å². The number of benzene rings is 2. The number of alkyl carbamates (subject to hydrolysis) is 1. The molecule has 1 heterocycles. The molecule has 3 unspecified atom stereocenters. The zero-order chi connectivity index (χ0) is 24.9. The smallest absolute Gasteiger partial charge is 0.407 e. The molecule has 0 radical (unpaired) electrons. The number of hydrogen-bond acceptors (Lipinski definition) is 4. The fourth-order valence-corrected chi connectivity index (χ4v) is 5.45. The van der Waals surface area contributed by atoms with Crippen molar-refractivity contribution in [1.29, 1.82) is 0 Å². The third kappa shape index (κ3) is 5.66. The minimum atomic E-state index is -0.865. The first kappa shape index (κ1) is 24.8. The lowest BCUT2D eigenvalue weighted by Crippen LogP contribution is -2.48. The van der Waals surface area contributed by atoms with Crippen molar-refractivity contribution in [2.75, 3.05) is 19.7 Å². The van der Waals surface area contributed by atoms with Gasteiger partial charge in [-0.05, 0) is 41.0 Å². The van der Waals surface area contributed by atoms with Crippen molar-refractivity contribution < 1.29 is 24.2 Å². The zero-order valence-corrected chi connectivity index (χ0v) is 20.4. The lowest BCUT2D eigenvalue weighted by molar-refractivity contribution is -0.147. The number of likely N-dealkylation sites (tertiary alicyclic amines) is 1. The number of nitrogens with one attached hydrogen (secondary N) is 1. The second-order valence-corrected chi connectivity index (χ2v) is 9.83. The Bertz CT molecular complexity index is 1040. The van der Waals surface area contributed by atoms with Crippen molar-refractivity contribution in [3.63, 3.8) is 0 Å². The van der Waals surface area contributed by atoms with Crippen molar-refractivity contribution in [2.45, 2.75) is 51.5 Å². The van der Waals surface area contributed by atoms with E-state index >= 15 is 0 Å². The number of piperidine rings is 1. The number of carboxylic acids is 1. The monoisotopic (exact) mass is 478 g/mol. The molecule has 2 aromatic carbocycles. The minimum Gasteiger partial charge on any atom is -0.481 e. The van der Waals surface area contributed by atoms with E-state index in [9.17, 15) is 19.5 Å². The van der Waals surface area contributed by atoms with E-state index in [0.717, 1.165) is 17.5 Å². The van der Waals surface area contributed by atoms with Gasteiger partial charge in [-0.25, -0.2) is 4.79 Å². The molecule has 3 atom stereocenters. The summed E-state index contributed by atoms with van der Waals surface area (Å²) < 4.78 is 5.66. The van der Waals surface area contributed by atoms with Crippen LogP contribution in [0, 0.1) is 11.8 Å². The molecule has 2 amide bonds. The predicted molar refractivity (Wildman–Crippen MR) is 133 cm³/mol. The molecule has 2 N–H and O–H groups in total. The zero-order valence-electron chi connectivity index (χ0n) is 20.4. The predicted octanol–water partition coefficient (Wildman–Crippen LogP) is 4.65. The van der Waals surface area contributed by atoms with Crippen molar-refractivity contribution in [3.8, 4) is 11.1 Å². The fourth-order valence-electron chi connectivity index (χ4n) is 5.45. The van der Waals surface area contributed by atoms with Gasteiger partial charge in [-0.15, -0.1) is 0 Å². The van der Waals surface area contributed by atoms with E-state index in [4.69, 9.17) is 4.74 Å². The summed E-state index contributed by atoms with van der Waals surface area (Å²) in [6.45, 7) is 4.96. The second kappa shape index (κ2) is 10.9. The van der Waals surface area contributed by atoms with Crippen molar-refractivity contribution in [2.24, 2.45) is 11.8 Å². The molecule has 186 valence electrons. The maximum absolute atomic E-state index is 13.0. The molecule has 4 rings (SSSR count). The van der Waals surface area contributed by atoms with Gasteiger partial charge >= 0.3 is 12.1 Å². The Kier molecular flexibility index (Phi) is 7.73. The van der Waals surface area contributed by atoms with Crippen LogP contribution in [0.25, 0.3) is 11.1 Å². The van der Waals surface area contributed by atoms with Crippen molar-refractivity contribution in [3.05, 3.63) is 59.7 Å². The van der Waals surface area contributed by atoms with Crippen LogP contribution in [0.15, 0.2) is 48.5 Å². The number of aliphatic carboxylic acids is 1. The number of carbonyl (C=O) groups excluding carboxylic acids is 2. The third-order valence-corrected chi connectivity index (χ3v) is 7.09. The average Bonchev–Trinajstić information content (AvgIpc) is 3.16. The standard InChI is InChI=1S/C28H34N2O5/c1-3-8-20(14-26(31)30-15-18(2)13-19(16-30)27(32)33)29-28(34)35-17-25-23-11-6-4-9-21(23)22-10-5-7-12-24(22)25/h4-7,9-12,18-20,25H,3,8,13-17H2,1-2H3,(H,29,34)(H,32,33). The van der Waals surface area contributed by atoms with Gasteiger partial charge < -0.3 is 20.1 Å². The molecule has 1 saturated heterocycles. The van der Waals surface area contributed by atoms with E-state index in [1.807, 2.05) is 38.1 Å². The summed E-state index contributed by atoms with van der Waals surface area (Å²) in [5.41, 5.74) is 4.63. The molecule has 2 aromatic rings. The Morgan fingerprint density at radius 2 is 1.69 bits per heavy atom. The summed E-state index contributed by atoms with van der Waals surface area (Å²) in [5.74, 6) is -1.42. The van der Waals surface area contributed by atoms with Gasteiger partial charge in [-0.2, -0.15) is 0 Å². The molecule has 0 saturated carbocycles. The van der Waals surface area contributed by atoms with Gasteiger partial charge in [-0.3, -0.25) is 9.59 Å². The first-order valence-electron chi connectivity index (χ1n) is 12.5. The SMILES string of the molecule is CCCC(CC(=O)N1CC(C)CC(C(=O)O)C1)NC(=O)OCC1c2ccccc2-c2ccccc21. The van der Waals surface area contributed by atoms with Crippen molar-refractivity contribution in [1.82, 2.24) is 10.2 Å². The van der Waals surface area contributed by atoms with Crippen LogP contribution in [0.4, 0.5) is 4.79 Å². The summed E-state index contributed by atoms with van der Waals surface area (Å²) in [7, 11) is 0. The highest BCUT2D eigenvalue weighted by atomic mass is 16.5. The van der Waals surface area contributed by atoms with Gasteiger partial charge in [0.1, 0.15) is 6.61 Å². The van der Waals surface area contributed by atoms with Gasteiger partial charge in [0.25, 0.3) is 0 Å². The highest BCUT2D eigenvalue weighted by Crippen LogP contribution is 2.44. The molecule has 0 aromatic heterocycles. The van der Waals surface area contributed by atoms with E-state index in [1.165, 1.54) is 11.1 Å². The van der Waals surface area contributed by atoms with Crippen LogP contribution < -0.4 is 5.32 Å². The minimum absolute atomic E-state index is 0.0257. The fraction of sp³-hybridized carbons (Fsp3) is 0.464. The number of carbonyl (C=O) groups is 3. The molecular weight excluding hydrogens is 444 g/mol. The number of ether oxygens (including phenoxy) is 1. The summed E-state index contributed by atoms with van der Waals surface area (Å²) in [5, 5.41) is 12.3. The molecule has 0 spiro atoms. The molecule has 7 heteroatoms. The van der Waals surface area contributed by atoms with Gasteiger partial charge in [0.05, 0.1) is 5.92 Å².